The zero-order valence-corrected chi connectivity index (χ0v) is 8.71. The molecule has 2 rings (SSSR count). The molecule has 1 saturated carbocycles. The lowest BCUT2D eigenvalue weighted by molar-refractivity contribution is 0.154. The summed E-state index contributed by atoms with van der Waals surface area (Å²) in [7, 11) is 0. The van der Waals surface area contributed by atoms with Gasteiger partial charge >= 0.3 is 0 Å². The maximum atomic E-state index is 13.0. The summed E-state index contributed by atoms with van der Waals surface area (Å²) in [6.07, 6.45) is 6.06. The van der Waals surface area contributed by atoms with Gasteiger partial charge in [0.1, 0.15) is 11.6 Å². The van der Waals surface area contributed by atoms with Crippen molar-refractivity contribution < 1.29 is 9.13 Å². The quantitative estimate of drug-likeness (QED) is 0.759. The number of halogens is 1. The maximum Gasteiger partial charge on any atom is 0.128 e. The Bertz CT molecular complexity index is 314. The van der Waals surface area contributed by atoms with Crippen molar-refractivity contribution in [2.24, 2.45) is 0 Å². The monoisotopic (exact) mass is 209 g/mol. The van der Waals surface area contributed by atoms with Crippen molar-refractivity contribution in [3.8, 4) is 5.75 Å². The maximum absolute atomic E-state index is 13.0. The largest absolute Gasteiger partial charge is 0.490 e. The number of rotatable bonds is 2. The van der Waals surface area contributed by atoms with Gasteiger partial charge in [-0.05, 0) is 31.7 Å². The van der Waals surface area contributed by atoms with Crippen LogP contribution in [0.25, 0.3) is 0 Å². The number of hydrogen-bond donors (Lipinski definition) is 1. The minimum Gasteiger partial charge on any atom is -0.490 e. The smallest absolute Gasteiger partial charge is 0.128 e. The Labute approximate surface area is 89.2 Å². The molecule has 0 aromatic heterocycles. The Kier molecular flexibility index (Phi) is 3.09. The molecule has 1 aromatic rings. The highest BCUT2D eigenvalue weighted by atomic mass is 19.1. The summed E-state index contributed by atoms with van der Waals surface area (Å²) >= 11 is 0. The number of nitrogens with two attached hydrogens (primary N) is 1. The first kappa shape index (κ1) is 10.3. The van der Waals surface area contributed by atoms with Crippen LogP contribution < -0.4 is 10.5 Å². The highest BCUT2D eigenvalue weighted by molar-refractivity contribution is 5.44. The first-order chi connectivity index (χ1) is 7.24. The van der Waals surface area contributed by atoms with E-state index in [1.165, 1.54) is 31.4 Å². The molecule has 0 heterocycles. The fraction of sp³-hybridized carbons (Fsp3) is 0.500. The first-order valence-electron chi connectivity index (χ1n) is 5.47. The van der Waals surface area contributed by atoms with Crippen molar-refractivity contribution in [1.29, 1.82) is 0 Å². The lowest BCUT2D eigenvalue weighted by atomic mass is 9.98. The van der Waals surface area contributed by atoms with E-state index in [0.29, 0.717) is 11.4 Å². The predicted octanol–water partition coefficient (Wildman–Crippen LogP) is 3.12. The molecule has 1 aliphatic rings. The topological polar surface area (TPSA) is 35.2 Å². The molecular formula is C12H16FNO. The van der Waals surface area contributed by atoms with E-state index in [0.717, 1.165) is 12.8 Å². The van der Waals surface area contributed by atoms with Crippen LogP contribution in [0, 0.1) is 5.82 Å². The number of hydrogen-bond acceptors (Lipinski definition) is 2. The summed E-state index contributed by atoms with van der Waals surface area (Å²) in [4.78, 5) is 0. The molecule has 1 aromatic carbocycles. The van der Waals surface area contributed by atoms with Gasteiger partial charge in [0, 0.05) is 17.8 Å². The molecule has 82 valence electrons. The van der Waals surface area contributed by atoms with E-state index in [1.54, 1.807) is 6.07 Å². The Morgan fingerprint density at radius 3 is 2.53 bits per heavy atom. The van der Waals surface area contributed by atoms with Gasteiger partial charge in [0.2, 0.25) is 0 Å². The van der Waals surface area contributed by atoms with E-state index >= 15 is 0 Å². The van der Waals surface area contributed by atoms with Crippen molar-refractivity contribution in [2.75, 3.05) is 5.73 Å². The minimum atomic E-state index is -0.333. The minimum absolute atomic E-state index is 0.236. The van der Waals surface area contributed by atoms with Crippen molar-refractivity contribution in [3.05, 3.63) is 24.0 Å². The molecule has 1 aliphatic carbocycles. The van der Waals surface area contributed by atoms with Crippen LogP contribution in [0.1, 0.15) is 32.1 Å². The van der Waals surface area contributed by atoms with Crippen LogP contribution in [-0.2, 0) is 0 Å². The molecule has 15 heavy (non-hydrogen) atoms. The van der Waals surface area contributed by atoms with Gasteiger partial charge in [0.25, 0.3) is 0 Å². The van der Waals surface area contributed by atoms with Crippen molar-refractivity contribution >= 4 is 5.69 Å². The van der Waals surface area contributed by atoms with E-state index in [1.807, 2.05) is 0 Å². The molecule has 0 atom stereocenters. The second-order valence-electron chi connectivity index (χ2n) is 4.10. The number of benzene rings is 1. The van der Waals surface area contributed by atoms with Gasteiger partial charge in [0.05, 0.1) is 6.10 Å². The highest BCUT2D eigenvalue weighted by Crippen LogP contribution is 2.25. The fourth-order valence-corrected chi connectivity index (χ4v) is 2.03. The van der Waals surface area contributed by atoms with E-state index in [-0.39, 0.29) is 11.9 Å². The molecule has 2 N–H and O–H groups in total. The molecule has 0 bridgehead atoms. The summed E-state index contributed by atoms with van der Waals surface area (Å²) in [5, 5.41) is 0. The Morgan fingerprint density at radius 2 is 1.87 bits per heavy atom. The van der Waals surface area contributed by atoms with Crippen LogP contribution in [0.3, 0.4) is 0 Å². The first-order valence-corrected chi connectivity index (χ1v) is 5.47. The van der Waals surface area contributed by atoms with Gasteiger partial charge in [0.15, 0.2) is 0 Å². The molecular weight excluding hydrogens is 193 g/mol. The Balaban J connectivity index is 2.02. The number of anilines is 1. The second kappa shape index (κ2) is 4.51. The molecule has 0 saturated heterocycles. The van der Waals surface area contributed by atoms with E-state index in [4.69, 9.17) is 10.5 Å². The average molecular weight is 209 g/mol. The van der Waals surface area contributed by atoms with Crippen molar-refractivity contribution in [3.63, 3.8) is 0 Å². The Morgan fingerprint density at radius 1 is 1.13 bits per heavy atom. The third kappa shape index (κ3) is 2.85. The molecule has 0 spiro atoms. The van der Waals surface area contributed by atoms with Gasteiger partial charge < -0.3 is 10.5 Å². The average Bonchev–Trinajstić information content (AvgIpc) is 2.17. The van der Waals surface area contributed by atoms with E-state index in [2.05, 4.69) is 0 Å². The lowest BCUT2D eigenvalue weighted by Gasteiger charge is -2.23. The number of nitrogen functional groups attached to an aromatic ring is 1. The van der Waals surface area contributed by atoms with Crippen molar-refractivity contribution in [1.82, 2.24) is 0 Å². The lowest BCUT2D eigenvalue weighted by Crippen LogP contribution is -2.19. The molecule has 3 heteroatoms. The van der Waals surface area contributed by atoms with Gasteiger partial charge in [-0.2, -0.15) is 0 Å². The second-order valence-corrected chi connectivity index (χ2v) is 4.10. The summed E-state index contributed by atoms with van der Waals surface area (Å²) in [5.74, 6) is 0.222. The van der Waals surface area contributed by atoms with Crippen LogP contribution in [0.5, 0.6) is 5.75 Å². The summed E-state index contributed by atoms with van der Waals surface area (Å²) < 4.78 is 18.7. The predicted molar refractivity (Wildman–Crippen MR) is 58.3 cm³/mol. The van der Waals surface area contributed by atoms with Crippen LogP contribution in [0.2, 0.25) is 0 Å². The summed E-state index contributed by atoms with van der Waals surface area (Å²) in [5.41, 5.74) is 5.96. The molecule has 1 fully saturated rings. The Hall–Kier alpha value is -1.25. The highest BCUT2D eigenvalue weighted by Gasteiger charge is 2.15. The van der Waals surface area contributed by atoms with Crippen molar-refractivity contribution in [2.45, 2.75) is 38.2 Å². The molecule has 0 amide bonds. The summed E-state index contributed by atoms with van der Waals surface area (Å²) in [6, 6.07) is 4.37. The standard InChI is InChI=1S/C12H16FNO/c13-9-6-10(14)8-12(7-9)15-11-4-2-1-3-5-11/h6-8,11H,1-5,14H2. The molecule has 0 unspecified atom stereocenters. The summed E-state index contributed by atoms with van der Waals surface area (Å²) in [6.45, 7) is 0. The van der Waals surface area contributed by atoms with E-state index < -0.39 is 0 Å². The SMILES string of the molecule is Nc1cc(F)cc(OC2CCCCC2)c1. The van der Waals surface area contributed by atoms with Gasteiger partial charge in [-0.3, -0.25) is 0 Å². The molecule has 0 aliphatic heterocycles. The zero-order valence-electron chi connectivity index (χ0n) is 8.71. The van der Waals surface area contributed by atoms with E-state index in [9.17, 15) is 4.39 Å². The van der Waals surface area contributed by atoms with Gasteiger partial charge in [-0.15, -0.1) is 0 Å². The van der Waals surface area contributed by atoms with Gasteiger partial charge in [-0.1, -0.05) is 6.42 Å². The van der Waals surface area contributed by atoms with Crippen LogP contribution in [0.4, 0.5) is 10.1 Å². The van der Waals surface area contributed by atoms with Crippen LogP contribution >= 0.6 is 0 Å². The van der Waals surface area contributed by atoms with Crippen LogP contribution in [0.15, 0.2) is 18.2 Å². The third-order valence-corrected chi connectivity index (χ3v) is 2.75. The normalized spacial score (nSPS) is 17.7. The van der Waals surface area contributed by atoms with Gasteiger partial charge in [-0.25, -0.2) is 4.39 Å². The number of ether oxygens (including phenoxy) is 1. The zero-order chi connectivity index (χ0) is 10.7. The third-order valence-electron chi connectivity index (χ3n) is 2.75. The molecule has 2 nitrogen and oxygen atoms in total. The van der Waals surface area contributed by atoms with Crippen LogP contribution in [-0.4, -0.2) is 6.10 Å². The molecule has 0 radical (unpaired) electrons. The fourth-order valence-electron chi connectivity index (χ4n) is 2.03.